The van der Waals surface area contributed by atoms with Gasteiger partial charge in [0.25, 0.3) is 5.69 Å². The Morgan fingerprint density at radius 3 is 2.33 bits per heavy atom. The Morgan fingerprint density at radius 2 is 1.78 bits per heavy atom. The van der Waals surface area contributed by atoms with E-state index in [0.29, 0.717) is 10.6 Å². The van der Waals surface area contributed by atoms with Crippen LogP contribution >= 0.6 is 11.6 Å². The molecule has 2 aromatic rings. The zero-order chi connectivity index (χ0) is 20.1. The first-order chi connectivity index (χ1) is 12.7. The largest absolute Gasteiger partial charge is 0.457 e. The molecule has 6 nitrogen and oxygen atoms in total. The van der Waals surface area contributed by atoms with Crippen molar-refractivity contribution in [2.45, 2.75) is 26.7 Å². The van der Waals surface area contributed by atoms with Crippen LogP contribution in [0.5, 0.6) is 0 Å². The minimum Gasteiger partial charge on any atom is -0.457 e. The standard InChI is InChI=1S/C20H20ClNO5/c1-12(2)19(14-6-8-16(21)9-7-14)20(24)27-11-18(23)15-5-4-13(3)17(10-15)22(25)26/h4-10,12,19H,11H2,1-3H3/t19-/m0/s1. The van der Waals surface area contributed by atoms with Crippen molar-refractivity contribution in [3.63, 3.8) is 0 Å². The number of carbonyl (C=O) groups excluding carboxylic acids is 2. The van der Waals surface area contributed by atoms with Crippen LogP contribution in [-0.4, -0.2) is 23.3 Å². The van der Waals surface area contributed by atoms with Crippen molar-refractivity contribution in [1.29, 1.82) is 0 Å². The van der Waals surface area contributed by atoms with E-state index in [0.717, 1.165) is 5.56 Å². The summed E-state index contributed by atoms with van der Waals surface area (Å²) in [5.41, 5.74) is 1.19. The number of carbonyl (C=O) groups is 2. The predicted molar refractivity (Wildman–Crippen MR) is 102 cm³/mol. The second-order valence-corrected chi connectivity index (χ2v) is 7.00. The molecule has 0 aromatic heterocycles. The molecule has 2 aromatic carbocycles. The number of ether oxygens (including phenoxy) is 1. The van der Waals surface area contributed by atoms with Gasteiger partial charge >= 0.3 is 5.97 Å². The number of Topliss-reactive ketones (excluding diaryl/α,β-unsaturated/α-hetero) is 1. The topological polar surface area (TPSA) is 86.5 Å². The molecule has 0 fully saturated rings. The maximum absolute atomic E-state index is 12.5. The first kappa shape index (κ1) is 20.6. The van der Waals surface area contributed by atoms with Crippen LogP contribution in [0.25, 0.3) is 0 Å². The monoisotopic (exact) mass is 389 g/mol. The van der Waals surface area contributed by atoms with Crippen LogP contribution in [0.15, 0.2) is 42.5 Å². The maximum atomic E-state index is 12.5. The Kier molecular flexibility index (Phi) is 6.69. The molecular formula is C20H20ClNO5. The second kappa shape index (κ2) is 8.77. The van der Waals surface area contributed by atoms with Crippen LogP contribution in [0, 0.1) is 23.0 Å². The van der Waals surface area contributed by atoms with Crippen molar-refractivity contribution < 1.29 is 19.2 Å². The summed E-state index contributed by atoms with van der Waals surface area (Å²) in [5.74, 6) is -1.61. The van der Waals surface area contributed by atoms with Crippen LogP contribution in [0.1, 0.15) is 41.3 Å². The third kappa shape index (κ3) is 5.14. The molecule has 2 rings (SSSR count). The molecule has 0 unspecified atom stereocenters. The van der Waals surface area contributed by atoms with Gasteiger partial charge in [0.2, 0.25) is 5.78 Å². The zero-order valence-corrected chi connectivity index (χ0v) is 16.0. The molecule has 0 saturated heterocycles. The lowest BCUT2D eigenvalue weighted by Gasteiger charge is -2.19. The zero-order valence-electron chi connectivity index (χ0n) is 15.3. The lowest BCUT2D eigenvalue weighted by atomic mass is 9.88. The lowest BCUT2D eigenvalue weighted by molar-refractivity contribution is -0.385. The highest BCUT2D eigenvalue weighted by atomic mass is 35.5. The number of halogens is 1. The van der Waals surface area contributed by atoms with E-state index in [4.69, 9.17) is 16.3 Å². The van der Waals surface area contributed by atoms with E-state index in [9.17, 15) is 19.7 Å². The molecule has 7 heteroatoms. The smallest absolute Gasteiger partial charge is 0.314 e. The van der Waals surface area contributed by atoms with E-state index in [1.54, 1.807) is 31.2 Å². The molecule has 0 bridgehead atoms. The van der Waals surface area contributed by atoms with Gasteiger partial charge in [-0.25, -0.2) is 0 Å². The Morgan fingerprint density at radius 1 is 1.15 bits per heavy atom. The van der Waals surface area contributed by atoms with Crippen molar-refractivity contribution in [2.24, 2.45) is 5.92 Å². The first-order valence-corrected chi connectivity index (χ1v) is 8.79. The molecule has 0 aliphatic heterocycles. The van der Waals surface area contributed by atoms with E-state index < -0.39 is 29.2 Å². The highest BCUT2D eigenvalue weighted by molar-refractivity contribution is 6.30. The summed E-state index contributed by atoms with van der Waals surface area (Å²) in [6, 6.07) is 11.1. The number of aryl methyl sites for hydroxylation is 1. The van der Waals surface area contributed by atoms with E-state index in [1.165, 1.54) is 18.2 Å². The average molecular weight is 390 g/mol. The number of ketones is 1. The van der Waals surface area contributed by atoms with Crippen molar-refractivity contribution in [3.8, 4) is 0 Å². The Balaban J connectivity index is 2.11. The van der Waals surface area contributed by atoms with Crippen molar-refractivity contribution in [3.05, 3.63) is 74.3 Å². The number of nitro groups is 1. The third-order valence-electron chi connectivity index (χ3n) is 4.22. The fourth-order valence-corrected chi connectivity index (χ4v) is 2.88. The summed E-state index contributed by atoms with van der Waals surface area (Å²) in [4.78, 5) is 35.3. The van der Waals surface area contributed by atoms with Crippen LogP contribution < -0.4 is 0 Å². The van der Waals surface area contributed by atoms with Gasteiger partial charge in [0.05, 0.1) is 10.8 Å². The third-order valence-corrected chi connectivity index (χ3v) is 4.48. The van der Waals surface area contributed by atoms with Gasteiger partial charge in [-0.3, -0.25) is 19.7 Å². The number of rotatable bonds is 7. The summed E-state index contributed by atoms with van der Waals surface area (Å²) < 4.78 is 5.21. The van der Waals surface area contributed by atoms with E-state index in [-0.39, 0.29) is 17.2 Å². The van der Waals surface area contributed by atoms with Crippen LogP contribution in [0.3, 0.4) is 0 Å². The molecule has 0 spiro atoms. The predicted octanol–water partition coefficient (Wildman–Crippen LogP) is 4.72. The van der Waals surface area contributed by atoms with Crippen LogP contribution in [0.4, 0.5) is 5.69 Å². The second-order valence-electron chi connectivity index (χ2n) is 6.56. The minimum atomic E-state index is -0.548. The lowest BCUT2D eigenvalue weighted by Crippen LogP contribution is -2.23. The average Bonchev–Trinajstić information content (AvgIpc) is 2.61. The Labute approximate surface area is 162 Å². The van der Waals surface area contributed by atoms with Gasteiger partial charge in [0, 0.05) is 22.2 Å². The van der Waals surface area contributed by atoms with Crippen LogP contribution in [0.2, 0.25) is 5.02 Å². The number of hydrogen-bond donors (Lipinski definition) is 0. The van der Waals surface area contributed by atoms with E-state index in [1.807, 2.05) is 13.8 Å². The molecular weight excluding hydrogens is 370 g/mol. The molecule has 0 saturated carbocycles. The summed E-state index contributed by atoms with van der Waals surface area (Å²) in [5, 5.41) is 11.6. The summed E-state index contributed by atoms with van der Waals surface area (Å²) >= 11 is 5.88. The number of nitro benzene ring substituents is 1. The molecule has 0 aliphatic carbocycles. The van der Waals surface area contributed by atoms with Gasteiger partial charge in [0.1, 0.15) is 0 Å². The van der Waals surface area contributed by atoms with Gasteiger partial charge in [-0.1, -0.05) is 49.7 Å². The molecule has 0 heterocycles. The minimum absolute atomic E-state index is 0.0470. The number of esters is 1. The Bertz CT molecular complexity index is 861. The van der Waals surface area contributed by atoms with Gasteiger partial charge in [-0.15, -0.1) is 0 Å². The summed E-state index contributed by atoms with van der Waals surface area (Å²) in [7, 11) is 0. The van der Waals surface area contributed by atoms with Crippen LogP contribution in [-0.2, 0) is 9.53 Å². The van der Waals surface area contributed by atoms with E-state index in [2.05, 4.69) is 0 Å². The summed E-state index contributed by atoms with van der Waals surface area (Å²) in [6.07, 6.45) is 0. The Hall–Kier alpha value is -2.73. The first-order valence-electron chi connectivity index (χ1n) is 8.41. The van der Waals surface area contributed by atoms with E-state index >= 15 is 0 Å². The van der Waals surface area contributed by atoms with Crippen molar-refractivity contribution in [1.82, 2.24) is 0 Å². The fraction of sp³-hybridized carbons (Fsp3) is 0.300. The molecule has 142 valence electrons. The summed E-state index contributed by atoms with van der Waals surface area (Å²) in [6.45, 7) is 4.87. The highest BCUT2D eigenvalue weighted by Crippen LogP contribution is 2.27. The van der Waals surface area contributed by atoms with Gasteiger partial charge in [-0.2, -0.15) is 0 Å². The molecule has 1 atom stereocenters. The van der Waals surface area contributed by atoms with Crippen molar-refractivity contribution >= 4 is 29.0 Å². The van der Waals surface area contributed by atoms with Crippen molar-refractivity contribution in [2.75, 3.05) is 6.61 Å². The highest BCUT2D eigenvalue weighted by Gasteiger charge is 2.26. The van der Waals surface area contributed by atoms with Gasteiger partial charge in [0.15, 0.2) is 6.61 Å². The normalized spacial score (nSPS) is 11.9. The quantitative estimate of drug-likeness (QED) is 0.296. The molecule has 0 radical (unpaired) electrons. The SMILES string of the molecule is Cc1ccc(C(=O)COC(=O)[C@H](c2ccc(Cl)cc2)C(C)C)cc1[N+](=O)[O-]. The molecule has 0 aliphatic rings. The number of nitrogens with zero attached hydrogens (tertiary/aromatic N) is 1. The maximum Gasteiger partial charge on any atom is 0.314 e. The fourth-order valence-electron chi connectivity index (χ4n) is 2.75. The molecule has 27 heavy (non-hydrogen) atoms. The number of benzene rings is 2. The number of hydrogen-bond acceptors (Lipinski definition) is 5. The van der Waals surface area contributed by atoms with Gasteiger partial charge in [-0.05, 0) is 30.5 Å². The molecule has 0 amide bonds. The molecule has 0 N–H and O–H groups in total. The van der Waals surface area contributed by atoms with Gasteiger partial charge < -0.3 is 4.74 Å².